The molecular weight excluding hydrogens is 197 g/mol. The molecule has 0 fully saturated rings. The number of carbonyl (C=O) groups is 1. The summed E-state index contributed by atoms with van der Waals surface area (Å²) in [6.45, 7) is -0.0782. The maximum absolute atomic E-state index is 11.9. The smallest absolute Gasteiger partial charge is 0.340 e. The highest BCUT2D eigenvalue weighted by atomic mass is 19.4. The lowest BCUT2D eigenvalue weighted by molar-refractivity contribution is -0.0885. The highest BCUT2D eigenvalue weighted by Gasteiger charge is 2.39. The standard InChI is InChI=1S/C8H5F3N2O/c9-8(10,11)7(14)6-1-3-13(5-6)4-2-12/h1,3,5H,4H2. The molecule has 0 aliphatic rings. The minimum absolute atomic E-state index is 0.0782. The molecule has 0 aromatic carbocycles. The zero-order valence-corrected chi connectivity index (χ0v) is 6.88. The average Bonchev–Trinajstić information content (AvgIpc) is 2.50. The summed E-state index contributed by atoms with van der Waals surface area (Å²) < 4.78 is 36.9. The van der Waals surface area contributed by atoms with E-state index in [4.69, 9.17) is 5.26 Å². The van der Waals surface area contributed by atoms with Gasteiger partial charge >= 0.3 is 6.18 Å². The lowest BCUT2D eigenvalue weighted by Gasteiger charge is -2.01. The number of halogens is 3. The Hall–Kier alpha value is -1.77. The highest BCUT2D eigenvalue weighted by Crippen LogP contribution is 2.21. The van der Waals surface area contributed by atoms with Gasteiger partial charge in [-0.05, 0) is 6.07 Å². The SMILES string of the molecule is N#CCn1ccc(C(=O)C(F)(F)F)c1. The maximum atomic E-state index is 11.9. The van der Waals surface area contributed by atoms with Crippen LogP contribution in [0.15, 0.2) is 18.5 Å². The second-order valence-corrected chi connectivity index (χ2v) is 2.56. The van der Waals surface area contributed by atoms with Gasteiger partial charge in [-0.2, -0.15) is 18.4 Å². The van der Waals surface area contributed by atoms with Crippen molar-refractivity contribution in [2.45, 2.75) is 12.7 Å². The summed E-state index contributed by atoms with van der Waals surface area (Å²) in [5, 5.41) is 8.25. The zero-order chi connectivity index (χ0) is 10.8. The van der Waals surface area contributed by atoms with Gasteiger partial charge in [-0.3, -0.25) is 4.79 Å². The van der Waals surface area contributed by atoms with E-state index in [9.17, 15) is 18.0 Å². The lowest BCUT2D eigenvalue weighted by Crippen LogP contribution is -2.22. The normalized spacial score (nSPS) is 11.0. The number of nitriles is 1. The average molecular weight is 202 g/mol. The van der Waals surface area contributed by atoms with E-state index < -0.39 is 17.5 Å². The van der Waals surface area contributed by atoms with Crippen molar-refractivity contribution >= 4 is 5.78 Å². The van der Waals surface area contributed by atoms with Crippen LogP contribution in [0.4, 0.5) is 13.2 Å². The van der Waals surface area contributed by atoms with E-state index in [0.717, 1.165) is 12.3 Å². The first-order valence-electron chi connectivity index (χ1n) is 3.59. The fourth-order valence-electron chi connectivity index (χ4n) is 0.919. The monoisotopic (exact) mass is 202 g/mol. The van der Waals surface area contributed by atoms with Crippen LogP contribution in [0.2, 0.25) is 0 Å². The Morgan fingerprint density at radius 3 is 2.71 bits per heavy atom. The minimum atomic E-state index is -4.86. The molecule has 0 aliphatic heterocycles. The molecule has 6 heteroatoms. The predicted octanol–water partition coefficient (Wildman–Crippen LogP) is 1.76. The van der Waals surface area contributed by atoms with Crippen LogP contribution < -0.4 is 0 Å². The molecule has 14 heavy (non-hydrogen) atoms. The summed E-state index contributed by atoms with van der Waals surface area (Å²) in [5.41, 5.74) is -0.451. The largest absolute Gasteiger partial charge is 0.454 e. The van der Waals surface area contributed by atoms with Crippen LogP contribution in [0.5, 0.6) is 0 Å². The molecule has 0 N–H and O–H groups in total. The van der Waals surface area contributed by atoms with Gasteiger partial charge in [0.2, 0.25) is 0 Å². The van der Waals surface area contributed by atoms with E-state index in [1.54, 1.807) is 6.07 Å². The number of alkyl halides is 3. The Bertz CT molecular complexity index is 386. The van der Waals surface area contributed by atoms with Gasteiger partial charge in [-0.15, -0.1) is 0 Å². The molecular formula is C8H5F3N2O. The zero-order valence-electron chi connectivity index (χ0n) is 6.88. The number of hydrogen-bond donors (Lipinski definition) is 0. The molecule has 0 aliphatic carbocycles. The van der Waals surface area contributed by atoms with E-state index >= 15 is 0 Å². The third-order valence-electron chi connectivity index (χ3n) is 1.52. The molecule has 0 spiro atoms. The fraction of sp³-hybridized carbons (Fsp3) is 0.250. The number of ketones is 1. The minimum Gasteiger partial charge on any atom is -0.340 e. The first-order valence-corrected chi connectivity index (χ1v) is 3.59. The van der Waals surface area contributed by atoms with Gasteiger partial charge in [-0.25, -0.2) is 0 Å². The molecule has 0 saturated heterocycles. The summed E-state index contributed by atoms with van der Waals surface area (Å²) >= 11 is 0. The molecule has 0 radical (unpaired) electrons. The Labute approximate surface area is 77.4 Å². The number of carbonyl (C=O) groups excluding carboxylic acids is 1. The summed E-state index contributed by atoms with van der Waals surface area (Å²) in [6.07, 6.45) is -2.61. The highest BCUT2D eigenvalue weighted by molar-refractivity contribution is 6.00. The van der Waals surface area contributed by atoms with Crippen LogP contribution in [-0.2, 0) is 6.54 Å². The van der Waals surface area contributed by atoms with Crippen LogP contribution in [0.25, 0.3) is 0 Å². The summed E-state index contributed by atoms with van der Waals surface area (Å²) in [4.78, 5) is 10.7. The molecule has 1 heterocycles. The Morgan fingerprint density at radius 2 is 2.21 bits per heavy atom. The van der Waals surface area contributed by atoms with Gasteiger partial charge in [0.15, 0.2) is 0 Å². The van der Waals surface area contributed by atoms with Gasteiger partial charge in [0, 0.05) is 18.0 Å². The predicted molar refractivity (Wildman–Crippen MR) is 40.4 cm³/mol. The maximum Gasteiger partial charge on any atom is 0.454 e. The molecule has 0 unspecified atom stereocenters. The van der Waals surface area contributed by atoms with Crippen molar-refractivity contribution in [3.8, 4) is 6.07 Å². The van der Waals surface area contributed by atoms with Gasteiger partial charge in [0.25, 0.3) is 5.78 Å². The van der Waals surface area contributed by atoms with Crippen molar-refractivity contribution in [2.24, 2.45) is 0 Å². The van der Waals surface area contributed by atoms with Gasteiger partial charge in [0.1, 0.15) is 6.54 Å². The van der Waals surface area contributed by atoms with Crippen molar-refractivity contribution in [1.82, 2.24) is 4.57 Å². The fourth-order valence-corrected chi connectivity index (χ4v) is 0.919. The first-order chi connectivity index (χ1) is 6.45. The van der Waals surface area contributed by atoms with Crippen LogP contribution in [-0.4, -0.2) is 16.5 Å². The molecule has 1 aromatic rings. The van der Waals surface area contributed by atoms with E-state index in [0.29, 0.717) is 0 Å². The van der Waals surface area contributed by atoms with Crippen molar-refractivity contribution in [3.05, 3.63) is 24.0 Å². The summed E-state index contributed by atoms with van der Waals surface area (Å²) in [6, 6.07) is 2.78. The second kappa shape index (κ2) is 3.54. The molecule has 3 nitrogen and oxygen atoms in total. The molecule has 0 atom stereocenters. The van der Waals surface area contributed by atoms with Gasteiger partial charge in [0.05, 0.1) is 6.07 Å². The Kier molecular flexibility index (Phi) is 2.60. The van der Waals surface area contributed by atoms with E-state index in [2.05, 4.69) is 0 Å². The van der Waals surface area contributed by atoms with Crippen molar-refractivity contribution in [2.75, 3.05) is 0 Å². The first kappa shape index (κ1) is 10.3. The third kappa shape index (κ3) is 2.13. The van der Waals surface area contributed by atoms with Crippen molar-refractivity contribution in [3.63, 3.8) is 0 Å². The Balaban J connectivity index is 2.88. The van der Waals surface area contributed by atoms with Gasteiger partial charge < -0.3 is 4.57 Å². The molecule has 74 valence electrons. The van der Waals surface area contributed by atoms with E-state index in [1.807, 2.05) is 0 Å². The third-order valence-corrected chi connectivity index (χ3v) is 1.52. The number of hydrogen-bond acceptors (Lipinski definition) is 2. The molecule has 1 aromatic heterocycles. The molecule has 0 amide bonds. The van der Waals surface area contributed by atoms with E-state index in [-0.39, 0.29) is 6.54 Å². The van der Waals surface area contributed by atoms with E-state index in [1.165, 1.54) is 10.8 Å². The van der Waals surface area contributed by atoms with Crippen molar-refractivity contribution in [1.29, 1.82) is 5.26 Å². The van der Waals surface area contributed by atoms with Crippen LogP contribution >= 0.6 is 0 Å². The molecule has 1 rings (SSSR count). The lowest BCUT2D eigenvalue weighted by atomic mass is 10.2. The molecule has 0 bridgehead atoms. The number of aromatic nitrogens is 1. The number of rotatable bonds is 2. The topological polar surface area (TPSA) is 45.8 Å². The van der Waals surface area contributed by atoms with Crippen molar-refractivity contribution < 1.29 is 18.0 Å². The molecule has 0 saturated carbocycles. The quantitative estimate of drug-likeness (QED) is 0.686. The van der Waals surface area contributed by atoms with Crippen LogP contribution in [0, 0.1) is 11.3 Å². The summed E-state index contributed by atoms with van der Waals surface area (Å²) in [7, 11) is 0. The number of nitrogens with zero attached hydrogens (tertiary/aromatic N) is 2. The van der Waals surface area contributed by atoms with Gasteiger partial charge in [-0.1, -0.05) is 0 Å². The second-order valence-electron chi connectivity index (χ2n) is 2.56. The van der Waals surface area contributed by atoms with Crippen LogP contribution in [0.1, 0.15) is 10.4 Å². The number of Topliss-reactive ketones (excluding diaryl/α,β-unsaturated/α-hetero) is 1. The van der Waals surface area contributed by atoms with Crippen LogP contribution in [0.3, 0.4) is 0 Å². The Morgan fingerprint density at radius 1 is 1.57 bits per heavy atom. The summed E-state index contributed by atoms with van der Waals surface area (Å²) in [5.74, 6) is -1.89.